The van der Waals surface area contributed by atoms with E-state index in [1.165, 1.54) is 11.1 Å². The molecule has 0 spiro atoms. The lowest BCUT2D eigenvalue weighted by Crippen LogP contribution is -2.45. The predicted molar refractivity (Wildman–Crippen MR) is 134 cm³/mol. The van der Waals surface area contributed by atoms with Gasteiger partial charge in [-0.05, 0) is 35.4 Å². The summed E-state index contributed by atoms with van der Waals surface area (Å²) in [7, 11) is 0. The number of carbonyl (C=O) groups excluding carboxylic acids is 1. The second-order valence-electron chi connectivity index (χ2n) is 8.67. The maximum Gasteiger partial charge on any atom is 0.349 e. The van der Waals surface area contributed by atoms with Gasteiger partial charge in [-0.1, -0.05) is 60.7 Å². The molecule has 2 heterocycles. The molecule has 34 heavy (non-hydrogen) atoms. The molecule has 5 rings (SSSR count). The number of fused-ring (bicyclic) bond motifs is 1. The second kappa shape index (κ2) is 10.0. The summed E-state index contributed by atoms with van der Waals surface area (Å²) >= 11 is 0. The van der Waals surface area contributed by atoms with Crippen molar-refractivity contribution in [2.24, 2.45) is 0 Å². The lowest BCUT2D eigenvalue weighted by molar-refractivity contribution is 0.102. The van der Waals surface area contributed by atoms with Crippen molar-refractivity contribution in [3.63, 3.8) is 0 Å². The summed E-state index contributed by atoms with van der Waals surface area (Å²) < 4.78 is 5.27. The molecular formula is C28H27N3O3. The Bertz CT molecular complexity index is 1320. The monoisotopic (exact) mass is 453 g/mol. The Kier molecular flexibility index (Phi) is 6.51. The molecule has 3 aromatic carbocycles. The molecule has 1 aliphatic rings. The molecule has 1 amide bonds. The van der Waals surface area contributed by atoms with Crippen LogP contribution in [0, 0.1) is 0 Å². The summed E-state index contributed by atoms with van der Waals surface area (Å²) in [5, 5.41) is 3.52. The van der Waals surface area contributed by atoms with E-state index in [9.17, 15) is 9.59 Å². The van der Waals surface area contributed by atoms with Crippen molar-refractivity contribution in [2.45, 2.75) is 13.1 Å². The number of nitrogens with one attached hydrogen (secondary N) is 1. The molecule has 172 valence electrons. The van der Waals surface area contributed by atoms with E-state index in [2.05, 4.69) is 45.4 Å². The van der Waals surface area contributed by atoms with Gasteiger partial charge < -0.3 is 9.73 Å². The highest BCUT2D eigenvalue weighted by Gasteiger charge is 2.17. The van der Waals surface area contributed by atoms with E-state index in [0.717, 1.165) is 39.3 Å². The Morgan fingerprint density at radius 2 is 1.35 bits per heavy atom. The first-order chi connectivity index (χ1) is 16.6. The first kappa shape index (κ1) is 22.1. The molecule has 0 aliphatic carbocycles. The van der Waals surface area contributed by atoms with Crippen molar-refractivity contribution in [1.82, 2.24) is 9.80 Å². The average molecular weight is 454 g/mol. The summed E-state index contributed by atoms with van der Waals surface area (Å²) in [5.41, 5.74) is 3.02. The Morgan fingerprint density at radius 3 is 2.03 bits per heavy atom. The number of anilines is 1. The maximum absolute atomic E-state index is 12.7. The molecule has 1 aromatic heterocycles. The van der Waals surface area contributed by atoms with Gasteiger partial charge in [0.05, 0.1) is 0 Å². The summed E-state index contributed by atoms with van der Waals surface area (Å²) in [6.07, 6.45) is 0. The minimum atomic E-state index is -0.640. The number of amides is 1. The van der Waals surface area contributed by atoms with Crippen molar-refractivity contribution in [3.8, 4) is 0 Å². The summed E-state index contributed by atoms with van der Waals surface area (Å²) in [4.78, 5) is 29.8. The first-order valence-electron chi connectivity index (χ1n) is 11.6. The second-order valence-corrected chi connectivity index (χ2v) is 8.67. The van der Waals surface area contributed by atoms with Crippen LogP contribution < -0.4 is 10.9 Å². The average Bonchev–Trinajstić information content (AvgIpc) is 2.86. The fourth-order valence-corrected chi connectivity index (χ4v) is 4.32. The highest BCUT2D eigenvalue weighted by Crippen LogP contribution is 2.16. The molecule has 1 aliphatic heterocycles. The van der Waals surface area contributed by atoms with Crippen LogP contribution in [0.15, 0.2) is 94.1 Å². The van der Waals surface area contributed by atoms with Gasteiger partial charge in [-0.15, -0.1) is 0 Å². The van der Waals surface area contributed by atoms with Gasteiger partial charge in [0, 0.05) is 50.3 Å². The zero-order valence-corrected chi connectivity index (χ0v) is 18.9. The van der Waals surface area contributed by atoms with Crippen LogP contribution in [0.4, 0.5) is 5.69 Å². The number of carbonyl (C=O) groups is 1. The molecule has 1 N–H and O–H groups in total. The van der Waals surface area contributed by atoms with Crippen LogP contribution in [-0.2, 0) is 13.1 Å². The van der Waals surface area contributed by atoms with Crippen molar-refractivity contribution in [3.05, 3.63) is 112 Å². The number of nitrogens with zero attached hydrogens (tertiary/aromatic N) is 2. The third-order valence-electron chi connectivity index (χ3n) is 6.22. The minimum absolute atomic E-state index is 0.00356. The Labute approximate surface area is 198 Å². The third kappa shape index (κ3) is 5.25. The van der Waals surface area contributed by atoms with E-state index < -0.39 is 11.5 Å². The van der Waals surface area contributed by atoms with E-state index in [-0.39, 0.29) is 5.56 Å². The number of hydrogen-bond donors (Lipinski definition) is 1. The largest absolute Gasteiger partial charge is 0.422 e. The highest BCUT2D eigenvalue weighted by molar-refractivity contribution is 6.05. The standard InChI is InChI=1S/C28H27N3O3/c32-27(25-18-23-8-4-5-9-26(23)34-28(25)33)29-24-12-10-22(11-13-24)20-31-16-14-30(15-17-31)19-21-6-2-1-3-7-21/h1-13,18H,14-17,19-20H2,(H,29,32). The van der Waals surface area contributed by atoms with Crippen LogP contribution in [0.3, 0.4) is 0 Å². The third-order valence-corrected chi connectivity index (χ3v) is 6.22. The molecule has 0 radical (unpaired) electrons. The van der Waals surface area contributed by atoms with E-state index in [1.54, 1.807) is 18.2 Å². The molecule has 0 bridgehead atoms. The lowest BCUT2D eigenvalue weighted by Gasteiger charge is -2.34. The fraction of sp³-hybridized carbons (Fsp3) is 0.214. The number of hydrogen-bond acceptors (Lipinski definition) is 5. The molecule has 0 atom stereocenters. The molecular weight excluding hydrogens is 426 g/mol. The number of para-hydroxylation sites is 1. The molecule has 6 heteroatoms. The Hall–Kier alpha value is -3.74. The number of piperazine rings is 1. The smallest absolute Gasteiger partial charge is 0.349 e. The van der Waals surface area contributed by atoms with Crippen molar-refractivity contribution in [2.75, 3.05) is 31.5 Å². The topological polar surface area (TPSA) is 65.8 Å². The van der Waals surface area contributed by atoms with E-state index >= 15 is 0 Å². The van der Waals surface area contributed by atoms with Gasteiger partial charge >= 0.3 is 5.63 Å². The first-order valence-corrected chi connectivity index (χ1v) is 11.6. The van der Waals surface area contributed by atoms with Crippen LogP contribution in [0.5, 0.6) is 0 Å². The van der Waals surface area contributed by atoms with Crippen LogP contribution in [0.2, 0.25) is 0 Å². The van der Waals surface area contributed by atoms with Crippen LogP contribution in [0.1, 0.15) is 21.5 Å². The summed E-state index contributed by atoms with van der Waals surface area (Å²) in [5.74, 6) is -0.471. The molecule has 0 unspecified atom stereocenters. The van der Waals surface area contributed by atoms with E-state index in [4.69, 9.17) is 4.42 Å². The van der Waals surface area contributed by atoms with Gasteiger partial charge in [-0.2, -0.15) is 0 Å². The minimum Gasteiger partial charge on any atom is -0.422 e. The zero-order chi connectivity index (χ0) is 23.3. The predicted octanol–water partition coefficient (Wildman–Crippen LogP) is 4.36. The van der Waals surface area contributed by atoms with Crippen LogP contribution in [-0.4, -0.2) is 41.9 Å². The fourth-order valence-electron chi connectivity index (χ4n) is 4.32. The van der Waals surface area contributed by atoms with E-state index in [0.29, 0.717) is 16.7 Å². The highest BCUT2D eigenvalue weighted by atomic mass is 16.4. The summed E-state index contributed by atoms with van der Waals surface area (Å²) in [6, 6.07) is 27.1. The molecule has 6 nitrogen and oxygen atoms in total. The molecule has 0 saturated carbocycles. The molecule has 1 fully saturated rings. The van der Waals surface area contributed by atoms with Gasteiger partial charge in [-0.25, -0.2) is 4.79 Å². The van der Waals surface area contributed by atoms with E-state index in [1.807, 2.05) is 36.4 Å². The Balaban J connectivity index is 1.15. The van der Waals surface area contributed by atoms with Gasteiger partial charge in [0.25, 0.3) is 5.91 Å². The number of benzene rings is 3. The quantitative estimate of drug-likeness (QED) is 0.440. The SMILES string of the molecule is O=C(Nc1ccc(CN2CCN(Cc3ccccc3)CC2)cc1)c1cc2ccccc2oc1=O. The maximum atomic E-state index is 12.7. The number of rotatable bonds is 6. The van der Waals surface area contributed by atoms with Crippen molar-refractivity contribution >= 4 is 22.6 Å². The van der Waals surface area contributed by atoms with Crippen LogP contribution >= 0.6 is 0 Å². The van der Waals surface area contributed by atoms with Gasteiger partial charge in [0.2, 0.25) is 0 Å². The van der Waals surface area contributed by atoms with Gasteiger partial charge in [0.15, 0.2) is 0 Å². The molecule has 1 saturated heterocycles. The molecule has 4 aromatic rings. The van der Waals surface area contributed by atoms with Crippen molar-refractivity contribution < 1.29 is 9.21 Å². The van der Waals surface area contributed by atoms with Gasteiger partial charge in [0.1, 0.15) is 11.1 Å². The van der Waals surface area contributed by atoms with Crippen LogP contribution in [0.25, 0.3) is 11.0 Å². The van der Waals surface area contributed by atoms with Gasteiger partial charge in [-0.3, -0.25) is 14.6 Å². The lowest BCUT2D eigenvalue weighted by atomic mass is 10.1. The van der Waals surface area contributed by atoms with Crippen molar-refractivity contribution in [1.29, 1.82) is 0 Å². The Morgan fingerprint density at radius 1 is 0.765 bits per heavy atom. The normalized spacial score (nSPS) is 14.8. The zero-order valence-electron chi connectivity index (χ0n) is 18.9. The summed E-state index contributed by atoms with van der Waals surface area (Å²) in [6.45, 7) is 6.04.